The van der Waals surface area contributed by atoms with E-state index in [2.05, 4.69) is 11.9 Å². The number of Topliss-reactive ketones (excluding diaryl/α,β-unsaturated/α-hetero) is 1. The topological polar surface area (TPSA) is 66.5 Å². The number of nitrogens with one attached hydrogen (secondary N) is 1. The number of nitrogens with zero attached hydrogens (tertiary/aromatic N) is 1. The number of aryl methyl sites for hydroxylation is 1. The minimum atomic E-state index is -0.487. The molecule has 4 rings (SSSR count). The number of piperidine rings is 1. The van der Waals surface area contributed by atoms with Crippen LogP contribution in [-0.4, -0.2) is 28.5 Å². The van der Waals surface area contributed by atoms with Gasteiger partial charge in [0.05, 0.1) is 0 Å². The van der Waals surface area contributed by atoms with E-state index in [0.717, 1.165) is 11.1 Å². The zero-order valence-corrected chi connectivity index (χ0v) is 19.5. The summed E-state index contributed by atoms with van der Waals surface area (Å²) in [6.07, 6.45) is 2.22. The first-order valence-electron chi connectivity index (χ1n) is 10.3. The number of benzene rings is 2. The molecule has 0 aliphatic carbocycles. The van der Waals surface area contributed by atoms with Crippen molar-refractivity contribution in [1.29, 1.82) is 0 Å². The van der Waals surface area contributed by atoms with Crippen LogP contribution in [0.5, 0.6) is 0 Å². The number of rotatable bonds is 6. The van der Waals surface area contributed by atoms with Crippen LogP contribution in [-0.2, 0) is 29.0 Å². The molecule has 2 aliphatic heterocycles. The number of hydrogen-bond acceptors (Lipinski definition) is 3. The summed E-state index contributed by atoms with van der Waals surface area (Å²) < 4.78 is 0. The van der Waals surface area contributed by atoms with E-state index in [1.807, 2.05) is 12.1 Å². The van der Waals surface area contributed by atoms with Crippen molar-refractivity contribution >= 4 is 52.4 Å². The maximum Gasteiger partial charge on any atom is 0.255 e. The van der Waals surface area contributed by atoms with Gasteiger partial charge in [-0.25, -0.2) is 0 Å². The first kappa shape index (κ1) is 22.8. The van der Waals surface area contributed by atoms with Crippen molar-refractivity contribution in [1.82, 2.24) is 10.2 Å². The number of fused-ring (bicyclic) bond motifs is 1. The zero-order valence-electron chi connectivity index (χ0n) is 17.2. The molecular weight excluding hydrogens is 471 g/mol. The lowest BCUT2D eigenvalue weighted by atomic mass is 9.99. The molecule has 1 saturated heterocycles. The van der Waals surface area contributed by atoms with Gasteiger partial charge in [-0.2, -0.15) is 0 Å². The fourth-order valence-electron chi connectivity index (χ4n) is 4.17. The molecule has 2 amide bonds. The minimum Gasteiger partial charge on any atom is -0.329 e. The fraction of sp³-hybridized carbons (Fsp3) is 0.292. The lowest BCUT2D eigenvalue weighted by molar-refractivity contribution is -0.126. The highest BCUT2D eigenvalue weighted by Crippen LogP contribution is 2.31. The van der Waals surface area contributed by atoms with Crippen LogP contribution in [0.2, 0.25) is 15.1 Å². The lowest BCUT2D eigenvalue weighted by Gasteiger charge is -2.30. The molecule has 1 unspecified atom stereocenters. The molecular formula is C24H21Cl3N2O3. The molecule has 1 atom stereocenters. The number of halogens is 3. The molecule has 2 heterocycles. The van der Waals surface area contributed by atoms with E-state index in [9.17, 15) is 14.4 Å². The van der Waals surface area contributed by atoms with Crippen molar-refractivity contribution in [2.24, 2.45) is 0 Å². The van der Waals surface area contributed by atoms with Gasteiger partial charge in [0.25, 0.3) is 5.91 Å². The second-order valence-electron chi connectivity index (χ2n) is 8.14. The van der Waals surface area contributed by atoms with E-state index >= 15 is 0 Å². The molecule has 2 aromatic carbocycles. The molecule has 0 spiro atoms. The Morgan fingerprint density at radius 1 is 1.12 bits per heavy atom. The molecule has 2 aromatic rings. The Balaban J connectivity index is 1.40. The molecule has 0 saturated carbocycles. The minimum absolute atomic E-state index is 0.00781. The second kappa shape index (κ2) is 9.26. The number of carbonyl (C=O) groups excluding carboxylic acids is 3. The van der Waals surface area contributed by atoms with Crippen molar-refractivity contribution in [3.63, 3.8) is 0 Å². The maximum absolute atomic E-state index is 12.8. The van der Waals surface area contributed by atoms with Crippen LogP contribution in [0.1, 0.15) is 46.3 Å². The molecule has 1 N–H and O–H groups in total. The number of hydrogen-bond donors (Lipinski definition) is 1. The molecule has 8 heteroatoms. The van der Waals surface area contributed by atoms with Gasteiger partial charge in [-0.1, -0.05) is 53.5 Å². The van der Waals surface area contributed by atoms with Gasteiger partial charge in [0, 0.05) is 45.7 Å². The van der Waals surface area contributed by atoms with E-state index in [1.165, 1.54) is 0 Å². The van der Waals surface area contributed by atoms with Crippen LogP contribution < -0.4 is 5.32 Å². The standard InChI is InChI=1S/C24H21Cl3N2O3/c1-13-2-7-22(23(31)28-13)29-12-15-8-14(4-6-18(15)24(29)32)3-5-17(30)11-19-20(26)9-16(25)10-21(19)27/h4,6,8-10,22H,1-3,5,7,11-12H2,(H,28,31). The summed E-state index contributed by atoms with van der Waals surface area (Å²) in [4.78, 5) is 39.3. The predicted octanol–water partition coefficient (Wildman–Crippen LogP) is 5.14. The van der Waals surface area contributed by atoms with E-state index in [1.54, 1.807) is 23.1 Å². The van der Waals surface area contributed by atoms with Crippen LogP contribution in [0.25, 0.3) is 0 Å². The van der Waals surface area contributed by atoms with E-state index in [0.29, 0.717) is 64.1 Å². The molecule has 1 fully saturated rings. The summed E-state index contributed by atoms with van der Waals surface area (Å²) in [5, 5.41) is 3.92. The van der Waals surface area contributed by atoms with Gasteiger partial charge in [0.1, 0.15) is 11.8 Å². The second-order valence-corrected chi connectivity index (χ2v) is 9.39. The molecule has 0 aromatic heterocycles. The average molecular weight is 492 g/mol. The van der Waals surface area contributed by atoms with Crippen LogP contribution in [0.4, 0.5) is 0 Å². The van der Waals surface area contributed by atoms with Gasteiger partial charge in [-0.05, 0) is 54.2 Å². The number of ketones is 1. The van der Waals surface area contributed by atoms with Crippen molar-refractivity contribution in [2.45, 2.75) is 44.7 Å². The van der Waals surface area contributed by atoms with Gasteiger partial charge in [0.2, 0.25) is 5.91 Å². The zero-order chi connectivity index (χ0) is 23.0. The van der Waals surface area contributed by atoms with E-state index < -0.39 is 6.04 Å². The van der Waals surface area contributed by atoms with Crippen LogP contribution >= 0.6 is 34.8 Å². The fourth-order valence-corrected chi connectivity index (χ4v) is 5.12. The Labute approximate surface area is 201 Å². The highest BCUT2D eigenvalue weighted by Gasteiger charge is 2.38. The molecule has 0 bridgehead atoms. The highest BCUT2D eigenvalue weighted by atomic mass is 35.5. The van der Waals surface area contributed by atoms with E-state index in [4.69, 9.17) is 34.8 Å². The van der Waals surface area contributed by atoms with Gasteiger partial charge in [-0.3, -0.25) is 14.4 Å². The first-order valence-corrected chi connectivity index (χ1v) is 11.4. The summed E-state index contributed by atoms with van der Waals surface area (Å²) >= 11 is 18.3. The summed E-state index contributed by atoms with van der Waals surface area (Å²) in [6, 6.07) is 8.25. The predicted molar refractivity (Wildman–Crippen MR) is 125 cm³/mol. The van der Waals surface area contributed by atoms with Gasteiger partial charge in [-0.15, -0.1) is 0 Å². The van der Waals surface area contributed by atoms with E-state index in [-0.39, 0.29) is 24.0 Å². The van der Waals surface area contributed by atoms with Gasteiger partial charge in [0.15, 0.2) is 0 Å². The summed E-state index contributed by atoms with van der Waals surface area (Å²) in [5.41, 5.74) is 3.70. The number of allylic oxidation sites excluding steroid dienone is 1. The van der Waals surface area contributed by atoms with Crippen molar-refractivity contribution < 1.29 is 14.4 Å². The SMILES string of the molecule is C=C1CCC(N2Cc3cc(CCC(=O)Cc4c(Cl)cc(Cl)cc4Cl)ccc3C2=O)C(=O)N1. The third-order valence-corrected chi connectivity index (χ3v) is 6.76. The van der Waals surface area contributed by atoms with Crippen LogP contribution in [0.3, 0.4) is 0 Å². The molecule has 5 nitrogen and oxygen atoms in total. The highest BCUT2D eigenvalue weighted by molar-refractivity contribution is 6.39. The number of amides is 2. The van der Waals surface area contributed by atoms with Crippen LogP contribution in [0, 0.1) is 0 Å². The Morgan fingerprint density at radius 2 is 1.84 bits per heavy atom. The molecule has 0 radical (unpaired) electrons. The Morgan fingerprint density at radius 3 is 2.53 bits per heavy atom. The van der Waals surface area contributed by atoms with Crippen molar-refractivity contribution in [2.75, 3.05) is 0 Å². The van der Waals surface area contributed by atoms with Gasteiger partial charge < -0.3 is 10.2 Å². The third-order valence-electron chi connectivity index (χ3n) is 5.87. The smallest absolute Gasteiger partial charge is 0.255 e. The molecule has 166 valence electrons. The Kier molecular flexibility index (Phi) is 6.61. The lowest BCUT2D eigenvalue weighted by Crippen LogP contribution is -2.49. The maximum atomic E-state index is 12.8. The van der Waals surface area contributed by atoms with Crippen molar-refractivity contribution in [3.05, 3.63) is 79.9 Å². The Hall–Kier alpha value is -2.34. The van der Waals surface area contributed by atoms with Crippen molar-refractivity contribution in [3.8, 4) is 0 Å². The van der Waals surface area contributed by atoms with Crippen LogP contribution in [0.15, 0.2) is 42.6 Å². The summed E-state index contributed by atoms with van der Waals surface area (Å²) in [5.74, 6) is -0.316. The summed E-state index contributed by atoms with van der Waals surface area (Å²) in [7, 11) is 0. The summed E-state index contributed by atoms with van der Waals surface area (Å²) in [6.45, 7) is 4.17. The first-order chi connectivity index (χ1) is 15.2. The average Bonchev–Trinajstić information content (AvgIpc) is 3.05. The monoisotopic (exact) mass is 490 g/mol. The quantitative estimate of drug-likeness (QED) is 0.608. The largest absolute Gasteiger partial charge is 0.329 e. The van der Waals surface area contributed by atoms with Gasteiger partial charge >= 0.3 is 0 Å². The normalized spacial score (nSPS) is 18.0. The Bertz CT molecular complexity index is 1120. The molecule has 2 aliphatic rings. The number of carbonyl (C=O) groups is 3. The molecule has 32 heavy (non-hydrogen) atoms. The third kappa shape index (κ3) is 4.70.